The number of hydrogen-bond acceptors (Lipinski definition) is 3. The second-order valence-electron chi connectivity index (χ2n) is 5.14. The molecule has 0 radical (unpaired) electrons. The Labute approximate surface area is 126 Å². The summed E-state index contributed by atoms with van der Waals surface area (Å²) >= 11 is 0. The summed E-state index contributed by atoms with van der Waals surface area (Å²) in [4.78, 5) is 0. The number of benzene rings is 2. The van der Waals surface area contributed by atoms with Crippen molar-refractivity contribution in [3.8, 4) is 11.8 Å². The molecule has 0 amide bonds. The lowest BCUT2D eigenvalue weighted by atomic mass is 10.1. The topological polar surface area (TPSA) is 45.0 Å². The summed E-state index contributed by atoms with van der Waals surface area (Å²) in [5, 5.41) is 12.1. The lowest BCUT2D eigenvalue weighted by Gasteiger charge is -2.15. The molecule has 0 bridgehead atoms. The molecule has 0 spiro atoms. The molecule has 2 rings (SSSR count). The predicted molar refractivity (Wildman–Crippen MR) is 84.2 cm³/mol. The van der Waals surface area contributed by atoms with Gasteiger partial charge in [-0.3, -0.25) is 0 Å². The van der Waals surface area contributed by atoms with Crippen molar-refractivity contribution >= 4 is 0 Å². The number of para-hydroxylation sites is 1. The molecule has 0 aromatic heterocycles. The van der Waals surface area contributed by atoms with Crippen LogP contribution in [0.2, 0.25) is 0 Å². The normalized spacial score (nSPS) is 10.2. The van der Waals surface area contributed by atoms with E-state index < -0.39 is 0 Å². The monoisotopic (exact) mass is 280 g/mol. The number of aryl methyl sites for hydroxylation is 2. The second-order valence-corrected chi connectivity index (χ2v) is 5.14. The van der Waals surface area contributed by atoms with Gasteiger partial charge in [0.25, 0.3) is 0 Å². The molecule has 1 N–H and O–H groups in total. The molecule has 3 heteroatoms. The van der Waals surface area contributed by atoms with E-state index >= 15 is 0 Å². The van der Waals surface area contributed by atoms with Crippen molar-refractivity contribution in [2.75, 3.05) is 7.05 Å². The summed E-state index contributed by atoms with van der Waals surface area (Å²) in [7, 11) is 1.93. The predicted octanol–water partition coefficient (Wildman–Crippen LogP) is 3.47. The smallest absolute Gasteiger partial charge is 0.127 e. The maximum Gasteiger partial charge on any atom is 0.127 e. The van der Waals surface area contributed by atoms with Crippen molar-refractivity contribution < 1.29 is 4.74 Å². The van der Waals surface area contributed by atoms with E-state index in [4.69, 9.17) is 10.00 Å². The van der Waals surface area contributed by atoms with Gasteiger partial charge in [-0.1, -0.05) is 24.3 Å². The van der Waals surface area contributed by atoms with Crippen LogP contribution < -0.4 is 10.1 Å². The Morgan fingerprint density at radius 1 is 1.10 bits per heavy atom. The fourth-order valence-corrected chi connectivity index (χ4v) is 2.33. The van der Waals surface area contributed by atoms with E-state index in [0.29, 0.717) is 12.2 Å². The van der Waals surface area contributed by atoms with Crippen LogP contribution in [0, 0.1) is 25.2 Å². The molecule has 0 fully saturated rings. The van der Waals surface area contributed by atoms with Gasteiger partial charge in [0.1, 0.15) is 12.4 Å². The molecule has 0 atom stereocenters. The van der Waals surface area contributed by atoms with E-state index in [2.05, 4.69) is 30.4 Å². The fourth-order valence-electron chi connectivity index (χ4n) is 2.33. The summed E-state index contributed by atoms with van der Waals surface area (Å²) in [6.07, 6.45) is 0. The van der Waals surface area contributed by atoms with Crippen molar-refractivity contribution in [1.29, 1.82) is 5.26 Å². The third-order valence-corrected chi connectivity index (χ3v) is 3.50. The largest absolute Gasteiger partial charge is 0.488 e. The van der Waals surface area contributed by atoms with Gasteiger partial charge in [-0.2, -0.15) is 5.26 Å². The molecule has 21 heavy (non-hydrogen) atoms. The number of rotatable bonds is 5. The highest BCUT2D eigenvalue weighted by atomic mass is 16.5. The molecule has 0 heterocycles. The van der Waals surface area contributed by atoms with E-state index in [9.17, 15) is 0 Å². The molecule has 0 saturated carbocycles. The Balaban J connectivity index is 2.19. The molecule has 0 aliphatic carbocycles. The third kappa shape index (κ3) is 3.62. The number of nitrogens with zero attached hydrogens (tertiary/aromatic N) is 1. The second kappa shape index (κ2) is 6.92. The Morgan fingerprint density at radius 2 is 1.90 bits per heavy atom. The Kier molecular flexibility index (Phi) is 4.97. The molecule has 0 aliphatic heterocycles. The van der Waals surface area contributed by atoms with Crippen molar-refractivity contribution in [2.45, 2.75) is 27.0 Å². The van der Waals surface area contributed by atoms with Crippen LogP contribution in [0.3, 0.4) is 0 Å². The van der Waals surface area contributed by atoms with Crippen LogP contribution in [0.5, 0.6) is 5.75 Å². The lowest BCUT2D eigenvalue weighted by Crippen LogP contribution is -2.08. The first-order valence-electron chi connectivity index (χ1n) is 7.01. The van der Waals surface area contributed by atoms with Crippen LogP contribution in [0.15, 0.2) is 36.4 Å². The van der Waals surface area contributed by atoms with E-state index in [-0.39, 0.29) is 0 Å². The summed E-state index contributed by atoms with van der Waals surface area (Å²) in [5.74, 6) is 0.940. The van der Waals surface area contributed by atoms with Gasteiger partial charge >= 0.3 is 0 Å². The molecule has 2 aromatic rings. The Bertz CT molecular complexity index is 671. The highest BCUT2D eigenvalue weighted by molar-refractivity contribution is 5.42. The van der Waals surface area contributed by atoms with Crippen molar-refractivity contribution in [2.24, 2.45) is 0 Å². The molecule has 3 nitrogen and oxygen atoms in total. The summed E-state index contributed by atoms with van der Waals surface area (Å²) in [5.41, 5.74) is 5.16. The standard InChI is InChI=1S/C18H20N2O/c1-13-5-4-6-16(11-20-3)18(13)21-12-17-8-7-15(10-19)9-14(17)2/h4-9,20H,11-12H2,1-3H3. The molecule has 108 valence electrons. The van der Waals surface area contributed by atoms with Gasteiger partial charge in [-0.25, -0.2) is 0 Å². The van der Waals surface area contributed by atoms with Gasteiger partial charge in [-0.15, -0.1) is 0 Å². The Hall–Kier alpha value is -2.31. The molecule has 2 aromatic carbocycles. The highest BCUT2D eigenvalue weighted by Gasteiger charge is 2.08. The average molecular weight is 280 g/mol. The number of hydrogen-bond donors (Lipinski definition) is 1. The van der Waals surface area contributed by atoms with Gasteiger partial charge in [0.05, 0.1) is 11.6 Å². The van der Waals surface area contributed by atoms with Crippen LogP contribution in [-0.2, 0) is 13.2 Å². The molecular formula is C18H20N2O. The minimum Gasteiger partial charge on any atom is -0.488 e. The van der Waals surface area contributed by atoms with E-state index in [0.717, 1.165) is 34.5 Å². The molecule has 0 aliphatic rings. The first kappa shape index (κ1) is 15.1. The van der Waals surface area contributed by atoms with Crippen molar-refractivity contribution in [3.63, 3.8) is 0 Å². The maximum atomic E-state index is 8.90. The fraction of sp³-hybridized carbons (Fsp3) is 0.278. The summed E-state index contributed by atoms with van der Waals surface area (Å²) in [6.45, 7) is 5.36. The SMILES string of the molecule is CNCc1cccc(C)c1OCc1ccc(C#N)cc1C. The van der Waals surface area contributed by atoms with Crippen molar-refractivity contribution in [3.05, 3.63) is 64.2 Å². The van der Waals surface area contributed by atoms with E-state index in [1.165, 1.54) is 0 Å². The lowest BCUT2D eigenvalue weighted by molar-refractivity contribution is 0.299. The number of nitrogens with one attached hydrogen (secondary N) is 1. The maximum absolute atomic E-state index is 8.90. The summed E-state index contributed by atoms with van der Waals surface area (Å²) < 4.78 is 6.04. The van der Waals surface area contributed by atoms with Gasteiger partial charge in [0.15, 0.2) is 0 Å². The minimum absolute atomic E-state index is 0.513. The minimum atomic E-state index is 0.513. The average Bonchev–Trinajstić information content (AvgIpc) is 2.48. The van der Waals surface area contributed by atoms with Gasteiger partial charge in [-0.05, 0) is 49.7 Å². The first-order valence-corrected chi connectivity index (χ1v) is 7.01. The zero-order chi connectivity index (χ0) is 15.2. The van der Waals surface area contributed by atoms with Gasteiger partial charge < -0.3 is 10.1 Å². The van der Waals surface area contributed by atoms with Crippen LogP contribution in [0.4, 0.5) is 0 Å². The first-order chi connectivity index (χ1) is 10.2. The van der Waals surface area contributed by atoms with Gasteiger partial charge in [0, 0.05) is 12.1 Å². The summed E-state index contributed by atoms with van der Waals surface area (Å²) in [6, 6.07) is 14.0. The highest BCUT2D eigenvalue weighted by Crippen LogP contribution is 2.25. The van der Waals surface area contributed by atoms with Gasteiger partial charge in [0.2, 0.25) is 0 Å². The van der Waals surface area contributed by atoms with E-state index in [1.807, 2.05) is 38.2 Å². The molecule has 0 saturated heterocycles. The molecule has 0 unspecified atom stereocenters. The zero-order valence-electron chi connectivity index (χ0n) is 12.7. The third-order valence-electron chi connectivity index (χ3n) is 3.50. The van der Waals surface area contributed by atoms with Crippen LogP contribution >= 0.6 is 0 Å². The Morgan fingerprint density at radius 3 is 2.57 bits per heavy atom. The van der Waals surface area contributed by atoms with Crippen LogP contribution in [0.25, 0.3) is 0 Å². The number of nitriles is 1. The van der Waals surface area contributed by atoms with Crippen molar-refractivity contribution in [1.82, 2.24) is 5.32 Å². The molecular weight excluding hydrogens is 260 g/mol. The zero-order valence-corrected chi connectivity index (χ0v) is 12.7. The van der Waals surface area contributed by atoms with Crippen LogP contribution in [0.1, 0.15) is 27.8 Å². The van der Waals surface area contributed by atoms with Crippen LogP contribution in [-0.4, -0.2) is 7.05 Å². The van der Waals surface area contributed by atoms with E-state index in [1.54, 1.807) is 0 Å². The quantitative estimate of drug-likeness (QED) is 0.912. The number of ether oxygens (including phenoxy) is 1.